The van der Waals surface area contributed by atoms with E-state index in [0.29, 0.717) is 56.2 Å². The molecule has 3 aliphatic rings. The maximum atomic E-state index is 13.8. The summed E-state index contributed by atoms with van der Waals surface area (Å²) in [4.78, 5) is 47.9. The topological polar surface area (TPSA) is 124 Å². The molecule has 2 aromatic rings. The van der Waals surface area contributed by atoms with E-state index in [2.05, 4.69) is 27.4 Å². The van der Waals surface area contributed by atoms with Crippen molar-refractivity contribution in [1.29, 1.82) is 0 Å². The Morgan fingerprint density at radius 1 is 1.12 bits per heavy atom. The molecule has 5 rings (SSSR count). The summed E-state index contributed by atoms with van der Waals surface area (Å²) >= 11 is 0. The molecule has 1 spiro atoms. The highest BCUT2D eigenvalue weighted by atomic mass is 16.5. The van der Waals surface area contributed by atoms with Gasteiger partial charge in [-0.15, -0.1) is 0 Å². The molecule has 1 aliphatic carbocycles. The number of carbonyl (C=O) groups is 3. The third-order valence-corrected chi connectivity index (χ3v) is 9.42. The minimum Gasteiger partial charge on any atom is -0.439 e. The summed E-state index contributed by atoms with van der Waals surface area (Å²) in [5.74, 6) is 0.724. The Morgan fingerprint density at radius 3 is 2.47 bits per heavy atom. The van der Waals surface area contributed by atoms with E-state index in [0.717, 1.165) is 44.1 Å². The average Bonchev–Trinajstić information content (AvgIpc) is 3.04. The molecule has 10 nitrogen and oxygen atoms in total. The molecule has 2 atom stereocenters. The van der Waals surface area contributed by atoms with Gasteiger partial charge in [0.25, 0.3) is 5.91 Å². The Bertz CT molecular complexity index is 1250. The lowest BCUT2D eigenvalue weighted by atomic mass is 9.78. The number of benzene rings is 1. The number of likely N-dealkylation sites (tertiary alicyclic amines) is 1. The van der Waals surface area contributed by atoms with E-state index in [4.69, 9.17) is 4.74 Å². The molecule has 3 heterocycles. The maximum absolute atomic E-state index is 13.8. The summed E-state index contributed by atoms with van der Waals surface area (Å²) < 4.78 is 5.84. The van der Waals surface area contributed by atoms with Gasteiger partial charge in [-0.25, -0.2) is 4.98 Å². The summed E-state index contributed by atoms with van der Waals surface area (Å²) in [6, 6.07) is 9.83. The highest BCUT2D eigenvalue weighted by Gasteiger charge is 2.55. The van der Waals surface area contributed by atoms with E-state index in [1.165, 1.54) is 6.42 Å². The lowest BCUT2D eigenvalue weighted by Crippen LogP contribution is -2.75. The van der Waals surface area contributed by atoms with Gasteiger partial charge in [0, 0.05) is 51.1 Å². The van der Waals surface area contributed by atoms with Gasteiger partial charge < -0.3 is 25.4 Å². The Balaban J connectivity index is 1.19. The number of piperidine rings is 1. The van der Waals surface area contributed by atoms with E-state index in [9.17, 15) is 19.5 Å². The summed E-state index contributed by atoms with van der Waals surface area (Å²) in [6.07, 6.45) is 8.94. The van der Waals surface area contributed by atoms with Crippen LogP contribution in [0.25, 0.3) is 0 Å². The maximum Gasteiger partial charge on any atom is 0.251 e. The molecule has 1 aromatic heterocycles. The van der Waals surface area contributed by atoms with Gasteiger partial charge in [-0.1, -0.05) is 38.7 Å². The van der Waals surface area contributed by atoms with E-state index in [-0.39, 0.29) is 23.6 Å². The van der Waals surface area contributed by atoms with Crippen LogP contribution in [-0.2, 0) is 16.1 Å². The number of amides is 3. The standard InChI is InChI=1S/C33H45N5O5/c1-3-4-18-38-31(41)28(29(39)24-8-6-5-7-9-24)36-32(42)33(38)16-19-37(20-17-33)22-23-10-15-27(35-21-23)43-26-13-11-25(12-14-26)30(40)34-2/h10-15,21,24,28-29,39H,3-9,16-20,22H2,1-2H3,(H,34,40)(H,36,42). The lowest BCUT2D eigenvalue weighted by molar-refractivity contribution is -0.166. The molecule has 3 fully saturated rings. The van der Waals surface area contributed by atoms with E-state index in [1.807, 2.05) is 17.0 Å². The molecule has 3 N–H and O–H groups in total. The molecule has 43 heavy (non-hydrogen) atoms. The molecule has 1 aromatic carbocycles. The van der Waals surface area contributed by atoms with Gasteiger partial charge in [0.2, 0.25) is 17.7 Å². The van der Waals surface area contributed by atoms with Crippen LogP contribution in [0, 0.1) is 5.92 Å². The average molecular weight is 592 g/mol. The third-order valence-electron chi connectivity index (χ3n) is 9.42. The molecule has 1 saturated carbocycles. The summed E-state index contributed by atoms with van der Waals surface area (Å²) in [6.45, 7) is 4.66. The van der Waals surface area contributed by atoms with Gasteiger partial charge in [-0.2, -0.15) is 0 Å². The molecule has 3 amide bonds. The first kappa shape index (κ1) is 30.9. The van der Waals surface area contributed by atoms with Crippen LogP contribution in [0.5, 0.6) is 11.6 Å². The van der Waals surface area contributed by atoms with Crippen LogP contribution in [0.15, 0.2) is 42.6 Å². The van der Waals surface area contributed by atoms with Crippen molar-refractivity contribution in [3.8, 4) is 11.6 Å². The van der Waals surface area contributed by atoms with Crippen LogP contribution < -0.4 is 15.4 Å². The Hall–Kier alpha value is -3.50. The normalized spacial score (nSPS) is 21.8. The number of nitrogens with zero attached hydrogens (tertiary/aromatic N) is 3. The predicted octanol–water partition coefficient (Wildman–Crippen LogP) is 3.64. The smallest absolute Gasteiger partial charge is 0.251 e. The summed E-state index contributed by atoms with van der Waals surface area (Å²) in [5, 5.41) is 16.8. The number of aromatic nitrogens is 1. The van der Waals surface area contributed by atoms with Crippen LogP contribution in [-0.4, -0.2) is 82.0 Å². The zero-order valence-electron chi connectivity index (χ0n) is 25.4. The number of rotatable bonds is 10. The number of carbonyl (C=O) groups excluding carboxylic acids is 3. The van der Waals surface area contributed by atoms with Crippen LogP contribution in [0.3, 0.4) is 0 Å². The fraction of sp³-hybridized carbons (Fsp3) is 0.576. The highest BCUT2D eigenvalue weighted by molar-refractivity contribution is 6.00. The van der Waals surface area contributed by atoms with Crippen molar-refractivity contribution in [2.24, 2.45) is 5.92 Å². The van der Waals surface area contributed by atoms with E-state index < -0.39 is 17.7 Å². The first-order valence-electron chi connectivity index (χ1n) is 15.8. The number of unbranched alkanes of at least 4 members (excludes halogenated alkanes) is 1. The summed E-state index contributed by atoms with van der Waals surface area (Å²) in [7, 11) is 1.59. The van der Waals surface area contributed by atoms with Crippen molar-refractivity contribution >= 4 is 17.7 Å². The SMILES string of the molecule is CCCCN1C(=O)C(C(O)C2CCCCC2)NC(=O)C12CCN(Cc1ccc(Oc3ccc(C(=O)NC)cc3)nc1)CC2. The van der Waals surface area contributed by atoms with Crippen LogP contribution in [0.2, 0.25) is 0 Å². The van der Waals surface area contributed by atoms with Gasteiger partial charge in [0.1, 0.15) is 17.3 Å². The molecule has 0 radical (unpaired) electrons. The lowest BCUT2D eigenvalue weighted by Gasteiger charge is -2.52. The molecular formula is C33H45N5O5. The van der Waals surface area contributed by atoms with Crippen molar-refractivity contribution in [3.05, 3.63) is 53.7 Å². The van der Waals surface area contributed by atoms with E-state index >= 15 is 0 Å². The molecule has 2 unspecified atom stereocenters. The minimum atomic E-state index is -0.866. The molecule has 0 bridgehead atoms. The predicted molar refractivity (Wildman–Crippen MR) is 163 cm³/mol. The Labute approximate surface area is 254 Å². The molecule has 232 valence electrons. The highest BCUT2D eigenvalue weighted by Crippen LogP contribution is 2.36. The first-order valence-corrected chi connectivity index (χ1v) is 15.8. The van der Waals surface area contributed by atoms with Gasteiger partial charge in [0.05, 0.1) is 6.10 Å². The van der Waals surface area contributed by atoms with Crippen LogP contribution in [0.1, 0.15) is 80.6 Å². The van der Waals surface area contributed by atoms with Crippen molar-refractivity contribution in [3.63, 3.8) is 0 Å². The number of aliphatic hydroxyl groups is 1. The number of hydrogen-bond acceptors (Lipinski definition) is 7. The first-order chi connectivity index (χ1) is 20.8. The second kappa shape index (κ2) is 13.9. The summed E-state index contributed by atoms with van der Waals surface area (Å²) in [5.41, 5.74) is 0.720. The quantitative estimate of drug-likeness (QED) is 0.386. The number of aliphatic hydroxyl groups excluding tert-OH is 1. The van der Waals surface area contributed by atoms with Gasteiger partial charge >= 0.3 is 0 Å². The second-order valence-electron chi connectivity index (χ2n) is 12.2. The van der Waals surface area contributed by atoms with Gasteiger partial charge in [0.15, 0.2) is 0 Å². The Kier molecular flexibility index (Phi) is 9.97. The van der Waals surface area contributed by atoms with Crippen LogP contribution >= 0.6 is 0 Å². The molecular weight excluding hydrogens is 546 g/mol. The van der Waals surface area contributed by atoms with Gasteiger partial charge in [-0.3, -0.25) is 19.3 Å². The number of piperazine rings is 1. The zero-order valence-corrected chi connectivity index (χ0v) is 25.4. The Morgan fingerprint density at radius 2 is 1.84 bits per heavy atom. The van der Waals surface area contributed by atoms with Crippen LogP contribution in [0.4, 0.5) is 0 Å². The third kappa shape index (κ3) is 6.86. The molecule has 10 heteroatoms. The zero-order chi connectivity index (χ0) is 30.4. The fourth-order valence-electron chi connectivity index (χ4n) is 6.80. The van der Waals surface area contributed by atoms with Crippen molar-refractivity contribution in [1.82, 2.24) is 25.4 Å². The fourth-order valence-corrected chi connectivity index (χ4v) is 6.80. The number of hydrogen-bond donors (Lipinski definition) is 3. The molecule has 2 aliphatic heterocycles. The number of pyridine rings is 1. The van der Waals surface area contributed by atoms with Crippen molar-refractivity contribution in [2.45, 2.75) is 88.9 Å². The number of ether oxygens (including phenoxy) is 1. The van der Waals surface area contributed by atoms with Gasteiger partial charge in [-0.05, 0) is 67.9 Å². The van der Waals surface area contributed by atoms with Crippen molar-refractivity contribution < 1.29 is 24.2 Å². The van der Waals surface area contributed by atoms with Crippen molar-refractivity contribution in [2.75, 3.05) is 26.7 Å². The van der Waals surface area contributed by atoms with E-state index in [1.54, 1.807) is 37.5 Å². The monoisotopic (exact) mass is 591 g/mol. The number of nitrogens with one attached hydrogen (secondary N) is 2. The largest absolute Gasteiger partial charge is 0.439 e. The second-order valence-corrected chi connectivity index (χ2v) is 12.2. The molecule has 2 saturated heterocycles. The minimum absolute atomic E-state index is 0.0619.